The van der Waals surface area contributed by atoms with Gasteiger partial charge in [0.1, 0.15) is 10.6 Å². The Hall–Kier alpha value is -0.870. The maximum absolute atomic E-state index is 5.89. The Bertz CT molecular complexity index is 480. The van der Waals surface area contributed by atoms with Gasteiger partial charge in [-0.05, 0) is 36.9 Å². The second-order valence-corrected chi connectivity index (χ2v) is 4.89. The summed E-state index contributed by atoms with van der Waals surface area (Å²) >= 11 is 7.47. The third kappa shape index (κ3) is 1.92. The Morgan fingerprint density at radius 1 is 1.40 bits per heavy atom. The molecule has 0 fully saturated rings. The molecule has 0 spiro atoms. The Labute approximate surface area is 97.7 Å². The van der Waals surface area contributed by atoms with E-state index in [1.54, 1.807) is 11.3 Å². The van der Waals surface area contributed by atoms with Gasteiger partial charge in [0.2, 0.25) is 5.28 Å². The van der Waals surface area contributed by atoms with Crippen LogP contribution in [0.2, 0.25) is 5.28 Å². The smallest absolute Gasteiger partial charge is 0.225 e. The molecule has 0 aliphatic carbocycles. The SMILES string of the molecule is CC(C)N(C)c1nc(Cl)nc2sccc12. The van der Waals surface area contributed by atoms with E-state index in [9.17, 15) is 0 Å². The van der Waals surface area contributed by atoms with Crippen LogP contribution in [0.4, 0.5) is 5.82 Å². The Morgan fingerprint density at radius 3 is 2.80 bits per heavy atom. The molecule has 2 heterocycles. The molecule has 0 N–H and O–H groups in total. The molecule has 0 aliphatic heterocycles. The molecule has 80 valence electrons. The minimum Gasteiger partial charge on any atom is -0.357 e. The van der Waals surface area contributed by atoms with Gasteiger partial charge < -0.3 is 4.90 Å². The fourth-order valence-electron chi connectivity index (χ4n) is 1.33. The zero-order chi connectivity index (χ0) is 11.0. The Balaban J connectivity index is 2.62. The van der Waals surface area contributed by atoms with Gasteiger partial charge in [-0.15, -0.1) is 11.3 Å². The largest absolute Gasteiger partial charge is 0.357 e. The number of rotatable bonds is 2. The maximum atomic E-state index is 5.89. The second kappa shape index (κ2) is 3.94. The molecule has 0 bridgehead atoms. The predicted molar refractivity (Wildman–Crippen MR) is 66.0 cm³/mol. The number of anilines is 1. The lowest BCUT2D eigenvalue weighted by molar-refractivity contribution is 0.746. The molecule has 0 unspecified atom stereocenters. The third-order valence-electron chi connectivity index (χ3n) is 2.39. The van der Waals surface area contributed by atoms with E-state index in [1.165, 1.54) is 0 Å². The normalized spacial score (nSPS) is 11.3. The van der Waals surface area contributed by atoms with Crippen LogP contribution in [-0.4, -0.2) is 23.1 Å². The van der Waals surface area contributed by atoms with E-state index >= 15 is 0 Å². The van der Waals surface area contributed by atoms with E-state index in [4.69, 9.17) is 11.6 Å². The molecule has 3 nitrogen and oxygen atoms in total. The first kappa shape index (κ1) is 10.6. The van der Waals surface area contributed by atoms with Crippen LogP contribution in [0, 0.1) is 0 Å². The topological polar surface area (TPSA) is 29.0 Å². The van der Waals surface area contributed by atoms with Crippen molar-refractivity contribution in [3.05, 3.63) is 16.7 Å². The summed E-state index contributed by atoms with van der Waals surface area (Å²) in [5, 5.41) is 3.39. The Morgan fingerprint density at radius 2 is 2.13 bits per heavy atom. The van der Waals surface area contributed by atoms with E-state index in [-0.39, 0.29) is 0 Å². The van der Waals surface area contributed by atoms with Gasteiger partial charge in [-0.25, -0.2) is 4.98 Å². The number of fused-ring (bicyclic) bond motifs is 1. The van der Waals surface area contributed by atoms with Gasteiger partial charge in [0, 0.05) is 13.1 Å². The van der Waals surface area contributed by atoms with E-state index in [2.05, 4.69) is 28.7 Å². The maximum Gasteiger partial charge on any atom is 0.225 e. The number of aromatic nitrogens is 2. The molecule has 0 aromatic carbocycles. The molecule has 2 aromatic heterocycles. The highest BCUT2D eigenvalue weighted by Crippen LogP contribution is 2.29. The molecule has 0 saturated carbocycles. The zero-order valence-corrected chi connectivity index (χ0v) is 10.4. The van der Waals surface area contributed by atoms with Crippen LogP contribution in [-0.2, 0) is 0 Å². The average molecular weight is 242 g/mol. The van der Waals surface area contributed by atoms with Crippen molar-refractivity contribution in [2.45, 2.75) is 19.9 Å². The second-order valence-electron chi connectivity index (χ2n) is 3.66. The molecule has 2 aromatic rings. The summed E-state index contributed by atoms with van der Waals surface area (Å²) in [5.74, 6) is 0.904. The van der Waals surface area contributed by atoms with E-state index in [0.717, 1.165) is 16.0 Å². The van der Waals surface area contributed by atoms with Crippen molar-refractivity contribution in [1.82, 2.24) is 9.97 Å². The van der Waals surface area contributed by atoms with Crippen molar-refractivity contribution in [3.63, 3.8) is 0 Å². The first-order valence-electron chi connectivity index (χ1n) is 4.73. The average Bonchev–Trinajstić information content (AvgIpc) is 2.62. The van der Waals surface area contributed by atoms with Crippen LogP contribution in [0.15, 0.2) is 11.4 Å². The summed E-state index contributed by atoms with van der Waals surface area (Å²) in [5.41, 5.74) is 0. The van der Waals surface area contributed by atoms with Gasteiger partial charge in [0.05, 0.1) is 5.39 Å². The van der Waals surface area contributed by atoms with Crippen molar-refractivity contribution in [3.8, 4) is 0 Å². The van der Waals surface area contributed by atoms with Gasteiger partial charge in [0.25, 0.3) is 0 Å². The first-order chi connectivity index (χ1) is 7.09. The Kier molecular flexibility index (Phi) is 2.80. The molecule has 5 heteroatoms. The van der Waals surface area contributed by atoms with E-state index < -0.39 is 0 Å². The number of thiophene rings is 1. The predicted octanol–water partition coefficient (Wildman–Crippen LogP) is 3.19. The minimum absolute atomic E-state index is 0.312. The third-order valence-corrected chi connectivity index (χ3v) is 3.36. The lowest BCUT2D eigenvalue weighted by Crippen LogP contribution is -2.26. The van der Waals surface area contributed by atoms with Crippen molar-refractivity contribution >= 4 is 39.0 Å². The molecule has 0 atom stereocenters. The molecule has 0 aliphatic rings. The molecule has 15 heavy (non-hydrogen) atoms. The summed E-state index contributed by atoms with van der Waals surface area (Å²) in [6, 6.07) is 2.42. The van der Waals surface area contributed by atoms with Crippen molar-refractivity contribution < 1.29 is 0 Å². The monoisotopic (exact) mass is 241 g/mol. The van der Waals surface area contributed by atoms with Gasteiger partial charge in [-0.3, -0.25) is 0 Å². The molecule has 2 rings (SSSR count). The van der Waals surface area contributed by atoms with E-state index in [0.29, 0.717) is 11.3 Å². The molecular formula is C10H12ClN3S. The lowest BCUT2D eigenvalue weighted by atomic mass is 10.3. The number of hydrogen-bond acceptors (Lipinski definition) is 4. The van der Waals surface area contributed by atoms with Crippen LogP contribution >= 0.6 is 22.9 Å². The molecular weight excluding hydrogens is 230 g/mol. The summed E-state index contributed by atoms with van der Waals surface area (Å²) in [6.45, 7) is 4.24. The number of nitrogens with zero attached hydrogens (tertiary/aromatic N) is 3. The molecule has 0 saturated heterocycles. The van der Waals surface area contributed by atoms with Crippen molar-refractivity contribution in [2.24, 2.45) is 0 Å². The number of halogens is 1. The fourth-order valence-corrected chi connectivity index (χ4v) is 2.30. The summed E-state index contributed by atoms with van der Waals surface area (Å²) in [4.78, 5) is 11.5. The van der Waals surface area contributed by atoms with Crippen LogP contribution in [0.3, 0.4) is 0 Å². The van der Waals surface area contributed by atoms with Crippen LogP contribution in [0.5, 0.6) is 0 Å². The quantitative estimate of drug-likeness (QED) is 0.757. The summed E-state index contributed by atoms with van der Waals surface area (Å²) < 4.78 is 0. The summed E-state index contributed by atoms with van der Waals surface area (Å²) in [6.07, 6.45) is 0. The highest BCUT2D eigenvalue weighted by Gasteiger charge is 2.13. The van der Waals surface area contributed by atoms with Crippen molar-refractivity contribution in [2.75, 3.05) is 11.9 Å². The minimum atomic E-state index is 0.312. The number of hydrogen-bond donors (Lipinski definition) is 0. The van der Waals surface area contributed by atoms with Crippen LogP contribution in [0.1, 0.15) is 13.8 Å². The molecule has 0 radical (unpaired) electrons. The van der Waals surface area contributed by atoms with Gasteiger partial charge >= 0.3 is 0 Å². The summed E-state index contributed by atoms with van der Waals surface area (Å²) in [7, 11) is 2.01. The van der Waals surface area contributed by atoms with Crippen molar-refractivity contribution in [1.29, 1.82) is 0 Å². The highest BCUT2D eigenvalue weighted by atomic mass is 35.5. The fraction of sp³-hybridized carbons (Fsp3) is 0.400. The standard InChI is InChI=1S/C10H12ClN3S/c1-6(2)14(3)8-7-4-5-15-9(7)13-10(11)12-8/h4-6H,1-3H3. The van der Waals surface area contributed by atoms with Gasteiger partial charge in [-0.1, -0.05) is 0 Å². The first-order valence-corrected chi connectivity index (χ1v) is 5.99. The van der Waals surface area contributed by atoms with Crippen LogP contribution in [0.25, 0.3) is 10.2 Å². The van der Waals surface area contributed by atoms with Crippen LogP contribution < -0.4 is 4.90 Å². The lowest BCUT2D eigenvalue weighted by Gasteiger charge is -2.23. The highest BCUT2D eigenvalue weighted by molar-refractivity contribution is 7.16. The molecule has 0 amide bonds. The van der Waals surface area contributed by atoms with E-state index in [1.807, 2.05) is 18.5 Å². The zero-order valence-electron chi connectivity index (χ0n) is 8.86. The van der Waals surface area contributed by atoms with Gasteiger partial charge in [-0.2, -0.15) is 4.98 Å². The van der Waals surface area contributed by atoms with Gasteiger partial charge in [0.15, 0.2) is 0 Å².